The van der Waals surface area contributed by atoms with Gasteiger partial charge in [0.25, 0.3) is 0 Å². The van der Waals surface area contributed by atoms with E-state index in [-0.39, 0.29) is 11.9 Å². The maximum absolute atomic E-state index is 12.1. The van der Waals surface area contributed by atoms with Gasteiger partial charge in [0, 0.05) is 17.6 Å². The first-order valence-corrected chi connectivity index (χ1v) is 6.98. The van der Waals surface area contributed by atoms with Gasteiger partial charge in [-0.15, -0.1) is 0 Å². The molecule has 1 fully saturated rings. The Morgan fingerprint density at radius 3 is 3.00 bits per heavy atom. The number of furan rings is 1. The third kappa shape index (κ3) is 2.56. The lowest BCUT2D eigenvalue weighted by atomic mass is 10.0. The first-order chi connectivity index (χ1) is 9.63. The van der Waals surface area contributed by atoms with Crippen LogP contribution in [0.2, 0.25) is 0 Å². The van der Waals surface area contributed by atoms with Crippen molar-refractivity contribution in [3.05, 3.63) is 35.1 Å². The summed E-state index contributed by atoms with van der Waals surface area (Å²) >= 11 is 0. The number of aryl methyl sites for hydroxylation is 2. The van der Waals surface area contributed by atoms with Crippen LogP contribution in [0, 0.1) is 13.8 Å². The SMILES string of the molecule is Cc1cc(C)c2c(CC(=O)N[C@H]3CCOC3)coc2c1. The average Bonchev–Trinajstić information content (AvgIpc) is 2.99. The van der Waals surface area contributed by atoms with E-state index in [4.69, 9.17) is 9.15 Å². The van der Waals surface area contributed by atoms with Crippen molar-refractivity contribution in [3.8, 4) is 0 Å². The minimum Gasteiger partial charge on any atom is -0.464 e. The Balaban J connectivity index is 1.78. The van der Waals surface area contributed by atoms with Crippen molar-refractivity contribution in [2.45, 2.75) is 32.7 Å². The highest BCUT2D eigenvalue weighted by molar-refractivity contribution is 5.90. The Morgan fingerprint density at radius 2 is 2.25 bits per heavy atom. The molecule has 1 N–H and O–H groups in total. The summed E-state index contributed by atoms with van der Waals surface area (Å²) < 4.78 is 10.8. The van der Waals surface area contributed by atoms with Crippen LogP contribution in [0.15, 0.2) is 22.8 Å². The van der Waals surface area contributed by atoms with Crippen LogP contribution in [0.1, 0.15) is 23.1 Å². The van der Waals surface area contributed by atoms with Gasteiger partial charge in [-0.2, -0.15) is 0 Å². The topological polar surface area (TPSA) is 51.5 Å². The van der Waals surface area contributed by atoms with E-state index in [0.717, 1.165) is 35.1 Å². The minimum absolute atomic E-state index is 0.0307. The Kier molecular flexibility index (Phi) is 3.49. The van der Waals surface area contributed by atoms with Crippen LogP contribution in [0.4, 0.5) is 0 Å². The predicted octanol–water partition coefficient (Wildman–Crippen LogP) is 2.50. The van der Waals surface area contributed by atoms with E-state index >= 15 is 0 Å². The molecule has 0 bridgehead atoms. The van der Waals surface area contributed by atoms with E-state index in [9.17, 15) is 4.79 Å². The van der Waals surface area contributed by atoms with Crippen molar-refractivity contribution >= 4 is 16.9 Å². The highest BCUT2D eigenvalue weighted by Crippen LogP contribution is 2.26. The molecule has 1 aromatic heterocycles. The Bertz CT molecular complexity index is 638. The summed E-state index contributed by atoms with van der Waals surface area (Å²) in [5, 5.41) is 4.07. The Morgan fingerprint density at radius 1 is 1.40 bits per heavy atom. The van der Waals surface area contributed by atoms with E-state index in [2.05, 4.69) is 18.3 Å². The van der Waals surface area contributed by atoms with Crippen molar-refractivity contribution in [2.75, 3.05) is 13.2 Å². The highest BCUT2D eigenvalue weighted by Gasteiger charge is 2.19. The van der Waals surface area contributed by atoms with E-state index in [1.807, 2.05) is 13.0 Å². The number of fused-ring (bicyclic) bond motifs is 1. The molecule has 106 valence electrons. The fourth-order valence-electron chi connectivity index (χ4n) is 2.86. The van der Waals surface area contributed by atoms with Crippen LogP contribution < -0.4 is 5.32 Å². The molecule has 4 nitrogen and oxygen atoms in total. The number of ether oxygens (including phenoxy) is 1. The van der Waals surface area contributed by atoms with Gasteiger partial charge in [-0.1, -0.05) is 6.07 Å². The lowest BCUT2D eigenvalue weighted by Crippen LogP contribution is -2.35. The molecule has 20 heavy (non-hydrogen) atoms. The van der Waals surface area contributed by atoms with Gasteiger partial charge < -0.3 is 14.5 Å². The minimum atomic E-state index is 0.0307. The van der Waals surface area contributed by atoms with Crippen LogP contribution in [0.25, 0.3) is 11.0 Å². The van der Waals surface area contributed by atoms with Crippen molar-refractivity contribution in [2.24, 2.45) is 0 Å². The summed E-state index contributed by atoms with van der Waals surface area (Å²) in [6.07, 6.45) is 2.95. The fraction of sp³-hybridized carbons (Fsp3) is 0.438. The number of benzene rings is 1. The molecule has 0 radical (unpaired) electrons. The lowest BCUT2D eigenvalue weighted by molar-refractivity contribution is -0.121. The number of hydrogen-bond acceptors (Lipinski definition) is 3. The molecular weight excluding hydrogens is 254 g/mol. The van der Waals surface area contributed by atoms with Gasteiger partial charge in [-0.05, 0) is 37.5 Å². The van der Waals surface area contributed by atoms with Crippen LogP contribution >= 0.6 is 0 Å². The summed E-state index contributed by atoms with van der Waals surface area (Å²) in [7, 11) is 0. The van der Waals surface area contributed by atoms with E-state index in [1.54, 1.807) is 6.26 Å². The monoisotopic (exact) mass is 273 g/mol. The second kappa shape index (κ2) is 5.29. The molecule has 0 saturated carbocycles. The summed E-state index contributed by atoms with van der Waals surface area (Å²) in [5.41, 5.74) is 4.13. The molecule has 4 heteroatoms. The molecule has 1 saturated heterocycles. The summed E-state index contributed by atoms with van der Waals surface area (Å²) in [4.78, 5) is 12.1. The fourth-order valence-corrected chi connectivity index (χ4v) is 2.86. The van der Waals surface area contributed by atoms with Gasteiger partial charge >= 0.3 is 0 Å². The van der Waals surface area contributed by atoms with E-state index in [1.165, 1.54) is 5.56 Å². The highest BCUT2D eigenvalue weighted by atomic mass is 16.5. The first kappa shape index (κ1) is 13.2. The molecule has 2 aromatic rings. The van der Waals surface area contributed by atoms with E-state index < -0.39 is 0 Å². The molecule has 1 atom stereocenters. The molecule has 1 aliphatic heterocycles. The molecule has 1 aliphatic rings. The molecule has 0 aliphatic carbocycles. The van der Waals surface area contributed by atoms with Gasteiger partial charge in [-0.25, -0.2) is 0 Å². The van der Waals surface area contributed by atoms with Crippen LogP contribution in [-0.4, -0.2) is 25.2 Å². The zero-order valence-electron chi connectivity index (χ0n) is 11.9. The standard InChI is InChI=1S/C16H19NO3/c1-10-5-11(2)16-12(8-20-14(16)6-10)7-15(18)17-13-3-4-19-9-13/h5-6,8,13H,3-4,7,9H2,1-2H3,(H,17,18)/t13-/m0/s1. The molecule has 0 spiro atoms. The molecule has 2 heterocycles. The predicted molar refractivity (Wildman–Crippen MR) is 76.8 cm³/mol. The third-order valence-corrected chi connectivity index (χ3v) is 3.74. The van der Waals surface area contributed by atoms with Crippen LogP contribution in [0.3, 0.4) is 0 Å². The quantitative estimate of drug-likeness (QED) is 0.934. The zero-order valence-corrected chi connectivity index (χ0v) is 11.9. The van der Waals surface area contributed by atoms with Gasteiger partial charge in [0.2, 0.25) is 5.91 Å². The van der Waals surface area contributed by atoms with Crippen molar-refractivity contribution < 1.29 is 13.9 Å². The van der Waals surface area contributed by atoms with Crippen LogP contribution in [0.5, 0.6) is 0 Å². The van der Waals surface area contributed by atoms with Gasteiger partial charge in [0.05, 0.1) is 25.3 Å². The number of nitrogens with one attached hydrogen (secondary N) is 1. The number of hydrogen-bond donors (Lipinski definition) is 1. The number of carbonyl (C=O) groups excluding carboxylic acids is 1. The molecule has 1 amide bonds. The smallest absolute Gasteiger partial charge is 0.224 e. The van der Waals surface area contributed by atoms with E-state index in [0.29, 0.717) is 13.0 Å². The third-order valence-electron chi connectivity index (χ3n) is 3.74. The maximum Gasteiger partial charge on any atom is 0.224 e. The van der Waals surface area contributed by atoms with Crippen molar-refractivity contribution in [3.63, 3.8) is 0 Å². The maximum atomic E-state index is 12.1. The second-order valence-corrected chi connectivity index (χ2v) is 5.52. The van der Waals surface area contributed by atoms with Gasteiger partial charge in [0.15, 0.2) is 0 Å². The molecule has 1 aromatic carbocycles. The Labute approximate surface area is 118 Å². The van der Waals surface area contributed by atoms with Crippen LogP contribution in [-0.2, 0) is 16.0 Å². The summed E-state index contributed by atoms with van der Waals surface area (Å²) in [6, 6.07) is 4.28. The van der Waals surface area contributed by atoms with Gasteiger partial charge in [-0.3, -0.25) is 4.79 Å². The molecule has 0 unspecified atom stereocenters. The normalized spacial score (nSPS) is 18.6. The average molecular weight is 273 g/mol. The lowest BCUT2D eigenvalue weighted by Gasteiger charge is -2.10. The van der Waals surface area contributed by atoms with Crippen molar-refractivity contribution in [1.82, 2.24) is 5.32 Å². The first-order valence-electron chi connectivity index (χ1n) is 6.98. The Hall–Kier alpha value is -1.81. The zero-order chi connectivity index (χ0) is 14.1. The number of carbonyl (C=O) groups is 1. The second-order valence-electron chi connectivity index (χ2n) is 5.52. The van der Waals surface area contributed by atoms with Crippen molar-refractivity contribution in [1.29, 1.82) is 0 Å². The number of rotatable bonds is 3. The largest absolute Gasteiger partial charge is 0.464 e. The number of amides is 1. The summed E-state index contributed by atoms with van der Waals surface area (Å²) in [6.45, 7) is 5.45. The molecular formula is C16H19NO3. The summed E-state index contributed by atoms with van der Waals surface area (Å²) in [5.74, 6) is 0.0307. The van der Waals surface area contributed by atoms with Gasteiger partial charge in [0.1, 0.15) is 5.58 Å². The molecule has 3 rings (SSSR count).